The van der Waals surface area contributed by atoms with E-state index in [9.17, 15) is 9.18 Å². The van der Waals surface area contributed by atoms with Crippen molar-refractivity contribution < 1.29 is 18.3 Å². The topological polar surface area (TPSA) is 59.9 Å². The maximum atomic E-state index is 14.9. The van der Waals surface area contributed by atoms with E-state index < -0.39 is 14.1 Å². The first kappa shape index (κ1) is 23.2. The zero-order chi connectivity index (χ0) is 22.3. The normalized spacial score (nSPS) is 24.3. The first-order chi connectivity index (χ1) is 13.9. The van der Waals surface area contributed by atoms with E-state index in [2.05, 4.69) is 44.4 Å². The van der Waals surface area contributed by atoms with Gasteiger partial charge in [0.25, 0.3) is 0 Å². The van der Waals surface area contributed by atoms with Crippen LogP contribution < -0.4 is 10.2 Å². The Kier molecular flexibility index (Phi) is 6.65. The molecular formula is C22H32ClFN2O3Si. The van der Waals surface area contributed by atoms with Crippen molar-refractivity contribution in [3.8, 4) is 5.75 Å². The van der Waals surface area contributed by atoms with E-state index in [0.29, 0.717) is 35.5 Å². The average Bonchev–Trinajstić information content (AvgIpc) is 3.40. The minimum absolute atomic E-state index is 0.0472. The smallest absolute Gasteiger partial charge is 0.240 e. The van der Waals surface area contributed by atoms with Gasteiger partial charge in [0, 0.05) is 24.5 Å². The summed E-state index contributed by atoms with van der Waals surface area (Å²) in [5.41, 5.74) is 3.20. The van der Waals surface area contributed by atoms with Crippen LogP contribution >= 0.6 is 11.6 Å². The molecule has 1 fully saturated rings. The Morgan fingerprint density at radius 3 is 2.57 bits per heavy atom. The first-order valence-corrected chi connectivity index (χ1v) is 13.8. The Bertz CT molecular complexity index is 854. The van der Waals surface area contributed by atoms with Gasteiger partial charge < -0.3 is 9.16 Å². The highest BCUT2D eigenvalue weighted by molar-refractivity contribution is 6.74. The van der Waals surface area contributed by atoms with Crippen LogP contribution in [0, 0.1) is 23.6 Å². The lowest BCUT2D eigenvalue weighted by molar-refractivity contribution is -0.121. The van der Waals surface area contributed by atoms with Crippen molar-refractivity contribution in [2.24, 2.45) is 22.9 Å². The number of carbonyl (C=O) groups excluding carboxylic acids is 1. The molecule has 1 aromatic carbocycles. The minimum atomic E-state index is -1.74. The van der Waals surface area contributed by atoms with E-state index in [4.69, 9.17) is 20.8 Å². The van der Waals surface area contributed by atoms with Gasteiger partial charge in [0.05, 0.1) is 12.3 Å². The van der Waals surface area contributed by atoms with Gasteiger partial charge in [0.1, 0.15) is 10.8 Å². The van der Waals surface area contributed by atoms with Crippen LogP contribution in [0.5, 0.6) is 5.75 Å². The predicted molar refractivity (Wildman–Crippen MR) is 120 cm³/mol. The monoisotopic (exact) mass is 454 g/mol. The maximum Gasteiger partial charge on any atom is 0.240 e. The molecule has 1 heterocycles. The molecule has 1 unspecified atom stereocenters. The summed E-state index contributed by atoms with van der Waals surface area (Å²) in [5.74, 6) is 0.319. The van der Waals surface area contributed by atoms with Crippen molar-refractivity contribution >= 4 is 31.5 Å². The molecule has 5 nitrogen and oxygen atoms in total. The number of hydrazone groups is 1. The Morgan fingerprint density at radius 1 is 1.27 bits per heavy atom. The molecule has 0 spiro atoms. The van der Waals surface area contributed by atoms with E-state index in [1.165, 1.54) is 0 Å². The number of nitrogens with one attached hydrogen (secondary N) is 1. The number of carbonyl (C=O) groups is 1. The third-order valence-electron chi connectivity index (χ3n) is 6.57. The number of hydrogen-bond donors (Lipinski definition) is 1. The second-order valence-electron chi connectivity index (χ2n) is 10.0. The average molecular weight is 455 g/mol. The molecular weight excluding hydrogens is 423 g/mol. The largest absolute Gasteiger partial charge is 0.492 e. The second-order valence-corrected chi connectivity index (χ2v) is 15.2. The molecule has 1 aliphatic heterocycles. The van der Waals surface area contributed by atoms with Gasteiger partial charge in [-0.2, -0.15) is 5.10 Å². The van der Waals surface area contributed by atoms with E-state index >= 15 is 0 Å². The van der Waals surface area contributed by atoms with Crippen LogP contribution in [0.25, 0.3) is 0 Å². The lowest BCUT2D eigenvalue weighted by Crippen LogP contribution is -2.41. The van der Waals surface area contributed by atoms with Gasteiger partial charge in [-0.3, -0.25) is 4.79 Å². The van der Waals surface area contributed by atoms with Crippen LogP contribution in [-0.4, -0.2) is 33.2 Å². The molecule has 1 amide bonds. The van der Waals surface area contributed by atoms with Crippen LogP contribution in [0.2, 0.25) is 23.2 Å². The van der Waals surface area contributed by atoms with Crippen LogP contribution in [0.1, 0.15) is 46.1 Å². The Labute approximate surface area is 184 Å². The summed E-state index contributed by atoms with van der Waals surface area (Å²) in [6.45, 7) is 14.3. The standard InChI is InChI=1S/C22H32ClFN2O3Si/c1-13-9-18(27)25-26-21(13)16-7-8-17(19(23)20(16)24)28-11-14-10-15(14)12-29-30(5,6)22(2,3)4/h7-8,13-15H,9-12H2,1-6H3,(H,25,27)/t13?,14-,15+/m1/s1. The molecule has 1 N–H and O–H groups in total. The summed E-state index contributed by atoms with van der Waals surface area (Å²) >= 11 is 6.24. The summed E-state index contributed by atoms with van der Waals surface area (Å²) in [5, 5.41) is 4.16. The molecule has 166 valence electrons. The molecule has 0 saturated heterocycles. The fourth-order valence-electron chi connectivity index (χ4n) is 3.27. The van der Waals surface area contributed by atoms with Crippen LogP contribution in [0.3, 0.4) is 0 Å². The minimum Gasteiger partial charge on any atom is -0.492 e. The van der Waals surface area contributed by atoms with Gasteiger partial charge in [-0.1, -0.05) is 39.3 Å². The second kappa shape index (κ2) is 8.59. The number of nitrogens with zero attached hydrogens (tertiary/aromatic N) is 1. The summed E-state index contributed by atoms with van der Waals surface area (Å²) in [6, 6.07) is 3.30. The van der Waals surface area contributed by atoms with E-state index in [-0.39, 0.29) is 28.3 Å². The summed E-state index contributed by atoms with van der Waals surface area (Å²) in [6.07, 6.45) is 1.33. The number of rotatable bonds is 7. The molecule has 0 radical (unpaired) electrons. The van der Waals surface area contributed by atoms with Crippen molar-refractivity contribution in [1.82, 2.24) is 5.43 Å². The van der Waals surface area contributed by atoms with Crippen molar-refractivity contribution in [2.75, 3.05) is 13.2 Å². The van der Waals surface area contributed by atoms with Crippen LogP contribution in [0.4, 0.5) is 4.39 Å². The van der Waals surface area contributed by atoms with E-state index in [1.807, 2.05) is 6.92 Å². The first-order valence-electron chi connectivity index (χ1n) is 10.5. The molecule has 0 bridgehead atoms. The van der Waals surface area contributed by atoms with Crippen LogP contribution in [-0.2, 0) is 9.22 Å². The van der Waals surface area contributed by atoms with Gasteiger partial charge in [-0.15, -0.1) is 0 Å². The van der Waals surface area contributed by atoms with Gasteiger partial charge in [-0.25, -0.2) is 9.82 Å². The quantitative estimate of drug-likeness (QED) is 0.563. The fraction of sp³-hybridized carbons (Fsp3) is 0.636. The molecule has 0 aromatic heterocycles. The summed E-state index contributed by atoms with van der Waals surface area (Å²) in [7, 11) is -1.74. The van der Waals surface area contributed by atoms with Gasteiger partial charge in [0.2, 0.25) is 5.91 Å². The molecule has 3 atom stereocenters. The Hall–Kier alpha value is -1.44. The summed E-state index contributed by atoms with van der Waals surface area (Å²) < 4.78 is 27.0. The van der Waals surface area contributed by atoms with Crippen molar-refractivity contribution in [2.45, 2.75) is 58.7 Å². The number of hydrogen-bond acceptors (Lipinski definition) is 4. The fourth-order valence-corrected chi connectivity index (χ4v) is 4.55. The lowest BCUT2D eigenvalue weighted by Gasteiger charge is -2.36. The molecule has 3 rings (SSSR count). The zero-order valence-electron chi connectivity index (χ0n) is 18.6. The Balaban J connectivity index is 1.56. The van der Waals surface area contributed by atoms with Gasteiger partial charge >= 0.3 is 0 Å². The highest BCUT2D eigenvalue weighted by Crippen LogP contribution is 2.43. The Morgan fingerprint density at radius 2 is 1.93 bits per heavy atom. The molecule has 8 heteroatoms. The molecule has 1 aliphatic carbocycles. The summed E-state index contributed by atoms with van der Waals surface area (Å²) in [4.78, 5) is 11.4. The SMILES string of the molecule is CC1CC(=O)NN=C1c1ccc(OC[C@H]2C[C@H]2CO[Si](C)(C)C(C)(C)C)c(Cl)c1F. The maximum absolute atomic E-state index is 14.9. The highest BCUT2D eigenvalue weighted by Gasteiger charge is 2.42. The predicted octanol–water partition coefficient (Wildman–Crippen LogP) is 5.38. The number of amides is 1. The van der Waals surface area contributed by atoms with Gasteiger partial charge in [0.15, 0.2) is 14.1 Å². The third-order valence-corrected chi connectivity index (χ3v) is 11.4. The number of ether oxygens (including phenoxy) is 1. The highest BCUT2D eigenvalue weighted by atomic mass is 35.5. The van der Waals surface area contributed by atoms with Crippen molar-refractivity contribution in [1.29, 1.82) is 0 Å². The lowest BCUT2D eigenvalue weighted by atomic mass is 9.94. The molecule has 1 saturated carbocycles. The van der Waals surface area contributed by atoms with E-state index in [0.717, 1.165) is 13.0 Å². The molecule has 30 heavy (non-hydrogen) atoms. The zero-order valence-corrected chi connectivity index (χ0v) is 20.4. The molecule has 2 aliphatic rings. The third kappa shape index (κ3) is 5.06. The van der Waals surface area contributed by atoms with Crippen molar-refractivity contribution in [3.05, 3.63) is 28.5 Å². The number of halogens is 2. The molecule has 1 aromatic rings. The van der Waals surface area contributed by atoms with Gasteiger partial charge in [-0.05, 0) is 48.5 Å². The number of benzene rings is 1. The van der Waals surface area contributed by atoms with Crippen molar-refractivity contribution in [3.63, 3.8) is 0 Å². The van der Waals surface area contributed by atoms with E-state index in [1.54, 1.807) is 12.1 Å². The van der Waals surface area contributed by atoms with Crippen LogP contribution in [0.15, 0.2) is 17.2 Å².